The quantitative estimate of drug-likeness (QED) is 0.689. The summed E-state index contributed by atoms with van der Waals surface area (Å²) in [6.07, 6.45) is 4.75. The Morgan fingerprint density at radius 2 is 2.11 bits per heavy atom. The van der Waals surface area contributed by atoms with Gasteiger partial charge in [-0.1, -0.05) is 33.1 Å². The molecule has 3 atom stereocenters. The molecule has 0 radical (unpaired) electrons. The first-order valence-electron chi connectivity index (χ1n) is 6.82. The van der Waals surface area contributed by atoms with Crippen LogP contribution in [0.25, 0.3) is 0 Å². The van der Waals surface area contributed by atoms with E-state index in [0.717, 1.165) is 38.6 Å². The number of aliphatic carboxylic acids is 1. The Kier molecular flexibility index (Phi) is 6.12. The van der Waals surface area contributed by atoms with Crippen molar-refractivity contribution >= 4 is 11.9 Å². The molecule has 1 rings (SSSR count). The van der Waals surface area contributed by atoms with Gasteiger partial charge in [-0.15, -0.1) is 0 Å². The molecular weight excluding hydrogens is 232 g/mol. The molecule has 0 bridgehead atoms. The Hall–Kier alpha value is -1.10. The number of carbonyl (C=O) groups excluding carboxylic acids is 1. The molecule has 104 valence electrons. The lowest BCUT2D eigenvalue weighted by molar-refractivity contribution is -0.143. The Balaban J connectivity index is 2.56. The first-order valence-corrected chi connectivity index (χ1v) is 6.82. The van der Waals surface area contributed by atoms with Gasteiger partial charge in [0.2, 0.25) is 5.91 Å². The second kappa shape index (κ2) is 7.36. The summed E-state index contributed by atoms with van der Waals surface area (Å²) >= 11 is 0. The average molecular weight is 256 g/mol. The summed E-state index contributed by atoms with van der Waals surface area (Å²) in [5.74, 6) is -1.19. The summed E-state index contributed by atoms with van der Waals surface area (Å²) in [6.45, 7) is 4.61. The van der Waals surface area contributed by atoms with Crippen molar-refractivity contribution in [2.24, 2.45) is 5.92 Å². The predicted molar refractivity (Wildman–Crippen MR) is 69.3 cm³/mol. The van der Waals surface area contributed by atoms with Crippen LogP contribution in [0.5, 0.6) is 0 Å². The Morgan fingerprint density at radius 1 is 1.39 bits per heavy atom. The molecule has 18 heavy (non-hydrogen) atoms. The van der Waals surface area contributed by atoms with Crippen molar-refractivity contribution in [3.05, 3.63) is 0 Å². The van der Waals surface area contributed by atoms with Crippen LogP contribution in [0.15, 0.2) is 0 Å². The van der Waals surface area contributed by atoms with E-state index >= 15 is 0 Å². The lowest BCUT2D eigenvalue weighted by atomic mass is 9.98. The molecule has 1 heterocycles. The van der Waals surface area contributed by atoms with Gasteiger partial charge >= 0.3 is 5.97 Å². The molecule has 5 heteroatoms. The minimum atomic E-state index is -0.952. The second-order valence-corrected chi connectivity index (χ2v) is 5.07. The van der Waals surface area contributed by atoms with E-state index < -0.39 is 12.0 Å². The fourth-order valence-corrected chi connectivity index (χ4v) is 2.19. The molecule has 1 fully saturated rings. The molecule has 3 N–H and O–H groups in total. The zero-order chi connectivity index (χ0) is 13.5. The third-order valence-electron chi connectivity index (χ3n) is 3.65. The number of rotatable bonds is 5. The van der Waals surface area contributed by atoms with E-state index in [1.807, 2.05) is 13.8 Å². The fourth-order valence-electron chi connectivity index (χ4n) is 2.19. The van der Waals surface area contributed by atoms with Crippen molar-refractivity contribution in [3.8, 4) is 0 Å². The smallest absolute Gasteiger partial charge is 0.326 e. The molecule has 5 nitrogen and oxygen atoms in total. The summed E-state index contributed by atoms with van der Waals surface area (Å²) in [5.41, 5.74) is 0. The van der Waals surface area contributed by atoms with Gasteiger partial charge in [0.15, 0.2) is 0 Å². The zero-order valence-corrected chi connectivity index (χ0v) is 11.2. The Labute approximate surface area is 108 Å². The number of carboxylic acids is 1. The third-order valence-corrected chi connectivity index (χ3v) is 3.65. The molecule has 3 unspecified atom stereocenters. The second-order valence-electron chi connectivity index (χ2n) is 5.07. The molecule has 0 spiro atoms. The van der Waals surface area contributed by atoms with E-state index in [0.29, 0.717) is 0 Å². The lowest BCUT2D eigenvalue weighted by Crippen LogP contribution is -2.52. The van der Waals surface area contributed by atoms with Gasteiger partial charge in [0.25, 0.3) is 0 Å². The number of amides is 1. The van der Waals surface area contributed by atoms with Gasteiger partial charge in [-0.2, -0.15) is 0 Å². The molecular formula is C13H24N2O3. The summed E-state index contributed by atoms with van der Waals surface area (Å²) in [5, 5.41) is 15.0. The van der Waals surface area contributed by atoms with Gasteiger partial charge in [0.05, 0.1) is 6.04 Å². The van der Waals surface area contributed by atoms with Crippen molar-refractivity contribution in [2.75, 3.05) is 6.54 Å². The monoisotopic (exact) mass is 256 g/mol. The zero-order valence-electron chi connectivity index (χ0n) is 11.2. The maximum Gasteiger partial charge on any atom is 0.326 e. The first-order chi connectivity index (χ1) is 8.56. The largest absolute Gasteiger partial charge is 0.480 e. The standard InChI is InChI=1S/C13H24N2O3/c1-3-9(2)11(13(17)18)15-12(16)10-7-5-4-6-8-14-10/h9-11,14H,3-8H2,1-2H3,(H,15,16)(H,17,18). The molecule has 0 aromatic carbocycles. The predicted octanol–water partition coefficient (Wildman–Crippen LogP) is 1.13. The highest BCUT2D eigenvalue weighted by Crippen LogP contribution is 2.11. The summed E-state index contributed by atoms with van der Waals surface area (Å²) in [4.78, 5) is 23.2. The summed E-state index contributed by atoms with van der Waals surface area (Å²) in [7, 11) is 0. The van der Waals surface area contributed by atoms with Crippen molar-refractivity contribution in [3.63, 3.8) is 0 Å². The van der Waals surface area contributed by atoms with Crippen LogP contribution >= 0.6 is 0 Å². The Morgan fingerprint density at radius 3 is 2.72 bits per heavy atom. The normalized spacial score (nSPS) is 23.8. The highest BCUT2D eigenvalue weighted by atomic mass is 16.4. The third kappa shape index (κ3) is 4.29. The van der Waals surface area contributed by atoms with Crippen molar-refractivity contribution in [1.82, 2.24) is 10.6 Å². The molecule has 1 aliphatic rings. The van der Waals surface area contributed by atoms with Crippen LogP contribution in [-0.2, 0) is 9.59 Å². The SMILES string of the molecule is CCC(C)C(NC(=O)C1CCCCCN1)C(=O)O. The minimum absolute atomic E-state index is 0.0581. The van der Waals surface area contributed by atoms with Gasteiger partial charge in [0.1, 0.15) is 6.04 Å². The van der Waals surface area contributed by atoms with Gasteiger partial charge in [0, 0.05) is 0 Å². The highest BCUT2D eigenvalue weighted by Gasteiger charge is 2.28. The molecule has 0 aromatic rings. The van der Waals surface area contributed by atoms with E-state index in [1.165, 1.54) is 0 Å². The van der Waals surface area contributed by atoms with Crippen LogP contribution in [-0.4, -0.2) is 35.6 Å². The molecule has 1 aliphatic heterocycles. The van der Waals surface area contributed by atoms with Gasteiger partial charge in [-0.25, -0.2) is 4.79 Å². The number of carboxylic acid groups (broad SMARTS) is 1. The van der Waals surface area contributed by atoms with Crippen LogP contribution in [0, 0.1) is 5.92 Å². The van der Waals surface area contributed by atoms with E-state index in [9.17, 15) is 9.59 Å². The van der Waals surface area contributed by atoms with Crippen LogP contribution in [0.3, 0.4) is 0 Å². The van der Waals surface area contributed by atoms with Crippen molar-refractivity contribution < 1.29 is 14.7 Å². The number of carbonyl (C=O) groups is 2. The van der Waals surface area contributed by atoms with Crippen LogP contribution in [0.2, 0.25) is 0 Å². The molecule has 1 saturated heterocycles. The van der Waals surface area contributed by atoms with E-state index in [2.05, 4.69) is 10.6 Å². The maximum absolute atomic E-state index is 12.0. The maximum atomic E-state index is 12.0. The van der Waals surface area contributed by atoms with Crippen LogP contribution in [0.4, 0.5) is 0 Å². The van der Waals surface area contributed by atoms with E-state index in [4.69, 9.17) is 5.11 Å². The van der Waals surface area contributed by atoms with Gasteiger partial charge < -0.3 is 15.7 Å². The average Bonchev–Trinajstić information content (AvgIpc) is 2.63. The van der Waals surface area contributed by atoms with Gasteiger partial charge in [-0.3, -0.25) is 4.79 Å². The van der Waals surface area contributed by atoms with E-state index in [1.54, 1.807) is 0 Å². The van der Waals surface area contributed by atoms with E-state index in [-0.39, 0.29) is 17.9 Å². The number of hydrogen-bond acceptors (Lipinski definition) is 3. The van der Waals surface area contributed by atoms with Crippen LogP contribution < -0.4 is 10.6 Å². The highest BCUT2D eigenvalue weighted by molar-refractivity contribution is 5.87. The fraction of sp³-hybridized carbons (Fsp3) is 0.846. The summed E-state index contributed by atoms with van der Waals surface area (Å²) < 4.78 is 0. The molecule has 0 aromatic heterocycles. The minimum Gasteiger partial charge on any atom is -0.480 e. The Bertz CT molecular complexity index is 286. The summed E-state index contributed by atoms with van der Waals surface area (Å²) in [6, 6.07) is -1.02. The molecule has 0 saturated carbocycles. The first kappa shape index (κ1) is 15.0. The number of nitrogens with one attached hydrogen (secondary N) is 2. The lowest BCUT2D eigenvalue weighted by Gasteiger charge is -2.23. The van der Waals surface area contributed by atoms with Crippen LogP contribution in [0.1, 0.15) is 46.0 Å². The topological polar surface area (TPSA) is 78.4 Å². The van der Waals surface area contributed by atoms with Crippen molar-refractivity contribution in [1.29, 1.82) is 0 Å². The molecule has 1 amide bonds. The molecule has 0 aliphatic carbocycles. The van der Waals surface area contributed by atoms with Crippen molar-refractivity contribution in [2.45, 2.75) is 58.0 Å². The van der Waals surface area contributed by atoms with Gasteiger partial charge in [-0.05, 0) is 25.3 Å². The number of hydrogen-bond donors (Lipinski definition) is 3.